The maximum absolute atomic E-state index is 15.1. The van der Waals surface area contributed by atoms with E-state index in [1.807, 2.05) is 48.5 Å². The molecule has 176 valence electrons. The number of methoxy groups -OCH3 is 1. The molecular weight excluding hydrogens is 440 g/mol. The molecule has 0 aromatic heterocycles. The zero-order valence-electron chi connectivity index (χ0n) is 20.3. The van der Waals surface area contributed by atoms with Crippen LogP contribution >= 0.6 is 0 Å². The van der Waals surface area contributed by atoms with Crippen LogP contribution in [0.5, 0.6) is 0 Å². The monoisotopic (exact) mass is 468 g/mol. The Kier molecular flexibility index (Phi) is 5.55. The van der Waals surface area contributed by atoms with Crippen LogP contribution in [0, 0.1) is 0 Å². The Morgan fingerprint density at radius 1 is 0.667 bits per heavy atom. The standard InChI is InChI=1S/C34H28O2/c1-36-29-23-14-24-33(27-19-10-4-11-20-27)32(35)30(25-15-6-2-7-16-25)31(26-17-8-3-9-18-26)34(29,33)28-21-12-5-13-22-28/h2-23,29H,24H2,1H3. The van der Waals surface area contributed by atoms with Gasteiger partial charge in [-0.1, -0.05) is 133 Å². The van der Waals surface area contributed by atoms with E-state index in [4.69, 9.17) is 4.74 Å². The summed E-state index contributed by atoms with van der Waals surface area (Å²) in [6.45, 7) is 0. The van der Waals surface area contributed by atoms with Gasteiger partial charge in [0, 0.05) is 12.7 Å². The number of hydrogen-bond donors (Lipinski definition) is 0. The van der Waals surface area contributed by atoms with Crippen molar-refractivity contribution >= 4 is 16.9 Å². The van der Waals surface area contributed by atoms with E-state index in [0.29, 0.717) is 6.42 Å². The lowest BCUT2D eigenvalue weighted by molar-refractivity contribution is -0.121. The largest absolute Gasteiger partial charge is 0.376 e. The molecule has 4 aromatic carbocycles. The summed E-state index contributed by atoms with van der Waals surface area (Å²) in [6.07, 6.45) is 4.54. The van der Waals surface area contributed by atoms with E-state index in [1.54, 1.807) is 7.11 Å². The molecule has 0 saturated carbocycles. The minimum Gasteiger partial charge on any atom is -0.376 e. The van der Waals surface area contributed by atoms with E-state index in [0.717, 1.165) is 33.4 Å². The second-order valence-electron chi connectivity index (χ2n) is 9.55. The summed E-state index contributed by atoms with van der Waals surface area (Å²) < 4.78 is 6.32. The Bertz CT molecular complexity index is 1440. The maximum atomic E-state index is 15.1. The van der Waals surface area contributed by atoms with Gasteiger partial charge < -0.3 is 4.74 Å². The molecule has 0 aliphatic heterocycles. The van der Waals surface area contributed by atoms with E-state index in [-0.39, 0.29) is 11.9 Å². The molecule has 0 amide bonds. The van der Waals surface area contributed by atoms with Gasteiger partial charge in [0.05, 0.1) is 16.9 Å². The molecule has 2 nitrogen and oxygen atoms in total. The first kappa shape index (κ1) is 22.5. The normalized spacial score (nSPS) is 25.1. The highest BCUT2D eigenvalue weighted by molar-refractivity contribution is 6.38. The molecule has 36 heavy (non-hydrogen) atoms. The highest BCUT2D eigenvalue weighted by Gasteiger charge is 2.69. The van der Waals surface area contributed by atoms with Crippen molar-refractivity contribution in [1.82, 2.24) is 0 Å². The summed E-state index contributed by atoms with van der Waals surface area (Å²) in [5.41, 5.74) is 4.28. The Balaban J connectivity index is 1.84. The van der Waals surface area contributed by atoms with Crippen molar-refractivity contribution in [3.63, 3.8) is 0 Å². The number of rotatable bonds is 5. The molecule has 0 radical (unpaired) electrons. The first-order chi connectivity index (χ1) is 17.7. The number of hydrogen-bond acceptors (Lipinski definition) is 2. The third-order valence-corrected chi connectivity index (χ3v) is 7.97. The molecular formula is C34H28O2. The summed E-state index contributed by atoms with van der Waals surface area (Å²) in [5.74, 6) is 0.147. The average Bonchev–Trinajstić information content (AvgIpc) is 3.21. The molecule has 4 aromatic rings. The Morgan fingerprint density at radius 3 is 1.72 bits per heavy atom. The van der Waals surface area contributed by atoms with Crippen LogP contribution in [-0.2, 0) is 20.4 Å². The number of fused-ring (bicyclic) bond motifs is 1. The second kappa shape index (κ2) is 8.89. The van der Waals surface area contributed by atoms with Gasteiger partial charge in [-0.25, -0.2) is 0 Å². The predicted octanol–water partition coefficient (Wildman–Crippen LogP) is 7.03. The number of allylic oxidation sites excluding steroid dienone is 2. The van der Waals surface area contributed by atoms with E-state index < -0.39 is 10.8 Å². The fourth-order valence-corrected chi connectivity index (χ4v) is 6.64. The molecule has 3 unspecified atom stereocenters. The van der Waals surface area contributed by atoms with Crippen LogP contribution in [0.3, 0.4) is 0 Å². The fraction of sp³-hybridized carbons (Fsp3) is 0.147. The van der Waals surface area contributed by atoms with Gasteiger partial charge in [0.15, 0.2) is 5.78 Å². The Labute approximate surface area is 212 Å². The molecule has 2 aliphatic rings. The molecule has 0 heterocycles. The van der Waals surface area contributed by atoms with Crippen LogP contribution < -0.4 is 0 Å². The van der Waals surface area contributed by atoms with Crippen molar-refractivity contribution < 1.29 is 9.53 Å². The number of Topliss-reactive ketones (excluding diaryl/α,β-unsaturated/α-hetero) is 1. The smallest absolute Gasteiger partial charge is 0.175 e. The van der Waals surface area contributed by atoms with Crippen molar-refractivity contribution in [2.24, 2.45) is 0 Å². The van der Waals surface area contributed by atoms with Crippen LogP contribution in [0.15, 0.2) is 133 Å². The molecule has 0 spiro atoms. The molecule has 2 aliphatic carbocycles. The molecule has 0 fully saturated rings. The van der Waals surface area contributed by atoms with Gasteiger partial charge in [-0.2, -0.15) is 0 Å². The third kappa shape index (κ3) is 2.98. The van der Waals surface area contributed by atoms with E-state index in [9.17, 15) is 0 Å². The molecule has 2 heteroatoms. The molecule has 3 atom stereocenters. The molecule has 6 rings (SSSR count). The van der Waals surface area contributed by atoms with Crippen molar-refractivity contribution in [2.45, 2.75) is 23.4 Å². The Morgan fingerprint density at radius 2 is 1.17 bits per heavy atom. The van der Waals surface area contributed by atoms with Gasteiger partial charge in [-0.05, 0) is 34.2 Å². The summed E-state index contributed by atoms with van der Waals surface area (Å²) in [6, 6.07) is 41.3. The third-order valence-electron chi connectivity index (χ3n) is 7.97. The zero-order chi connectivity index (χ0) is 24.6. The lowest BCUT2D eigenvalue weighted by atomic mass is 9.50. The zero-order valence-corrected chi connectivity index (χ0v) is 20.3. The molecule has 0 bridgehead atoms. The van der Waals surface area contributed by atoms with Crippen molar-refractivity contribution in [1.29, 1.82) is 0 Å². The minimum absolute atomic E-state index is 0.147. The lowest BCUT2D eigenvalue weighted by Crippen LogP contribution is -2.59. The number of carbonyl (C=O) groups excluding carboxylic acids is 1. The average molecular weight is 469 g/mol. The highest BCUT2D eigenvalue weighted by atomic mass is 16.5. The highest BCUT2D eigenvalue weighted by Crippen LogP contribution is 2.66. The number of ether oxygens (including phenoxy) is 1. The van der Waals surface area contributed by atoms with Gasteiger partial charge >= 0.3 is 0 Å². The number of ketones is 1. The van der Waals surface area contributed by atoms with Gasteiger partial charge in [0.2, 0.25) is 0 Å². The maximum Gasteiger partial charge on any atom is 0.175 e. The lowest BCUT2D eigenvalue weighted by Gasteiger charge is -2.52. The molecule has 0 saturated heterocycles. The number of carbonyl (C=O) groups is 1. The summed E-state index contributed by atoms with van der Waals surface area (Å²) in [7, 11) is 1.76. The SMILES string of the molecule is COC1C=CCC2(c3ccccc3)C(=O)C(c3ccccc3)=C(c3ccccc3)C12c1ccccc1. The van der Waals surface area contributed by atoms with Crippen molar-refractivity contribution in [3.8, 4) is 0 Å². The number of benzene rings is 4. The Hall–Kier alpha value is -4.01. The van der Waals surface area contributed by atoms with E-state index >= 15 is 4.79 Å². The van der Waals surface area contributed by atoms with Crippen LogP contribution in [-0.4, -0.2) is 19.0 Å². The fourth-order valence-electron chi connectivity index (χ4n) is 6.64. The summed E-state index contributed by atoms with van der Waals surface area (Å²) >= 11 is 0. The van der Waals surface area contributed by atoms with Gasteiger partial charge in [-0.15, -0.1) is 0 Å². The van der Waals surface area contributed by atoms with Gasteiger partial charge in [0.1, 0.15) is 0 Å². The van der Waals surface area contributed by atoms with Crippen LogP contribution in [0.25, 0.3) is 11.1 Å². The predicted molar refractivity (Wildman–Crippen MR) is 145 cm³/mol. The topological polar surface area (TPSA) is 26.3 Å². The van der Waals surface area contributed by atoms with Crippen LogP contribution in [0.4, 0.5) is 0 Å². The minimum atomic E-state index is -0.860. The first-order valence-corrected chi connectivity index (χ1v) is 12.5. The van der Waals surface area contributed by atoms with E-state index in [2.05, 4.69) is 84.9 Å². The van der Waals surface area contributed by atoms with Crippen molar-refractivity contribution in [3.05, 3.63) is 156 Å². The van der Waals surface area contributed by atoms with E-state index in [1.165, 1.54) is 0 Å². The van der Waals surface area contributed by atoms with Crippen molar-refractivity contribution in [2.75, 3.05) is 7.11 Å². The van der Waals surface area contributed by atoms with Gasteiger partial charge in [-0.3, -0.25) is 4.79 Å². The summed E-state index contributed by atoms with van der Waals surface area (Å²) in [4.78, 5) is 15.1. The quantitative estimate of drug-likeness (QED) is 0.294. The van der Waals surface area contributed by atoms with Crippen LogP contribution in [0.2, 0.25) is 0 Å². The van der Waals surface area contributed by atoms with Gasteiger partial charge in [0.25, 0.3) is 0 Å². The first-order valence-electron chi connectivity index (χ1n) is 12.5. The molecule has 0 N–H and O–H groups in total. The second-order valence-corrected chi connectivity index (χ2v) is 9.55. The summed E-state index contributed by atoms with van der Waals surface area (Å²) in [5, 5.41) is 0. The van der Waals surface area contributed by atoms with Crippen LogP contribution in [0.1, 0.15) is 28.7 Å².